The number of anilines is 1. The van der Waals surface area contributed by atoms with E-state index >= 15 is 0 Å². The smallest absolute Gasteiger partial charge is 0.253 e. The second-order valence-corrected chi connectivity index (χ2v) is 4.53. The number of fused-ring (bicyclic) bond motifs is 1. The number of hydrogen-bond acceptors (Lipinski definition) is 6. The Balaban J connectivity index is 2.06. The van der Waals surface area contributed by atoms with E-state index in [1.165, 1.54) is 17.0 Å². The van der Waals surface area contributed by atoms with Gasteiger partial charge in [-0.3, -0.25) is 14.0 Å². The third-order valence-corrected chi connectivity index (χ3v) is 3.00. The number of aryl methyl sites for hydroxylation is 2. The standard InChI is InChI=1S/C12H13N7O/c1-7-3-10(20)19(6-14-7)5-9-16-11(13)8-4-15-18(2)12(8)17-9/h3-4,6H,5H2,1-2H3,(H2,13,16,17). The molecule has 0 aliphatic rings. The van der Waals surface area contributed by atoms with Crippen LogP contribution in [0.2, 0.25) is 0 Å². The Morgan fingerprint density at radius 2 is 2.15 bits per heavy atom. The van der Waals surface area contributed by atoms with Gasteiger partial charge in [0.2, 0.25) is 0 Å². The highest BCUT2D eigenvalue weighted by Gasteiger charge is 2.10. The molecule has 0 unspecified atom stereocenters. The Labute approximate surface area is 113 Å². The molecule has 0 aromatic carbocycles. The maximum atomic E-state index is 11.8. The van der Waals surface area contributed by atoms with E-state index in [0.29, 0.717) is 28.4 Å². The Morgan fingerprint density at radius 3 is 2.90 bits per heavy atom. The Morgan fingerprint density at radius 1 is 1.35 bits per heavy atom. The molecular weight excluding hydrogens is 258 g/mol. The second kappa shape index (κ2) is 4.41. The van der Waals surface area contributed by atoms with Crippen LogP contribution in [0.4, 0.5) is 5.82 Å². The fraction of sp³-hybridized carbons (Fsp3) is 0.250. The molecule has 0 saturated heterocycles. The van der Waals surface area contributed by atoms with Crippen LogP contribution >= 0.6 is 0 Å². The summed E-state index contributed by atoms with van der Waals surface area (Å²) in [6, 6.07) is 1.46. The average Bonchev–Trinajstić information content (AvgIpc) is 2.76. The van der Waals surface area contributed by atoms with Gasteiger partial charge in [0.1, 0.15) is 5.82 Å². The van der Waals surface area contributed by atoms with E-state index in [2.05, 4.69) is 20.1 Å². The molecule has 0 radical (unpaired) electrons. The molecule has 3 aromatic rings. The Bertz CT molecular complexity index is 849. The van der Waals surface area contributed by atoms with Gasteiger partial charge in [0.05, 0.1) is 24.5 Å². The zero-order valence-corrected chi connectivity index (χ0v) is 11.1. The summed E-state index contributed by atoms with van der Waals surface area (Å²) >= 11 is 0. The summed E-state index contributed by atoms with van der Waals surface area (Å²) in [5.41, 5.74) is 7.04. The van der Waals surface area contributed by atoms with Crippen molar-refractivity contribution in [1.82, 2.24) is 29.3 Å². The van der Waals surface area contributed by atoms with E-state index in [9.17, 15) is 4.79 Å². The molecule has 0 aliphatic carbocycles. The molecule has 3 rings (SSSR count). The third-order valence-electron chi connectivity index (χ3n) is 3.00. The van der Waals surface area contributed by atoms with Crippen LogP contribution in [0.1, 0.15) is 11.5 Å². The molecule has 0 fully saturated rings. The summed E-state index contributed by atoms with van der Waals surface area (Å²) in [6.07, 6.45) is 3.10. The molecular formula is C12H13N7O. The third kappa shape index (κ3) is 2.00. The summed E-state index contributed by atoms with van der Waals surface area (Å²) in [6.45, 7) is 1.99. The van der Waals surface area contributed by atoms with E-state index in [-0.39, 0.29) is 12.1 Å². The number of aromatic nitrogens is 6. The van der Waals surface area contributed by atoms with Crippen LogP contribution in [-0.4, -0.2) is 29.3 Å². The van der Waals surface area contributed by atoms with Gasteiger partial charge in [-0.25, -0.2) is 15.0 Å². The monoisotopic (exact) mass is 271 g/mol. The van der Waals surface area contributed by atoms with Gasteiger partial charge < -0.3 is 5.73 Å². The Hall–Kier alpha value is -2.77. The van der Waals surface area contributed by atoms with Crippen molar-refractivity contribution in [3.8, 4) is 0 Å². The number of nitrogens with two attached hydrogens (primary N) is 1. The van der Waals surface area contributed by atoms with Crippen molar-refractivity contribution in [2.45, 2.75) is 13.5 Å². The van der Waals surface area contributed by atoms with Gasteiger partial charge in [-0.1, -0.05) is 0 Å². The van der Waals surface area contributed by atoms with Crippen molar-refractivity contribution in [1.29, 1.82) is 0 Å². The van der Waals surface area contributed by atoms with Crippen molar-refractivity contribution in [3.05, 3.63) is 40.5 Å². The van der Waals surface area contributed by atoms with Gasteiger partial charge >= 0.3 is 0 Å². The van der Waals surface area contributed by atoms with Crippen LogP contribution in [0, 0.1) is 6.92 Å². The highest BCUT2D eigenvalue weighted by Crippen LogP contribution is 2.16. The zero-order valence-electron chi connectivity index (χ0n) is 11.1. The summed E-state index contributed by atoms with van der Waals surface area (Å²) in [5, 5.41) is 4.79. The number of hydrogen-bond donors (Lipinski definition) is 1. The largest absolute Gasteiger partial charge is 0.383 e. The van der Waals surface area contributed by atoms with Crippen LogP contribution in [0.3, 0.4) is 0 Å². The zero-order chi connectivity index (χ0) is 14.3. The van der Waals surface area contributed by atoms with Gasteiger partial charge in [-0.05, 0) is 6.92 Å². The molecule has 3 aromatic heterocycles. The summed E-state index contributed by atoms with van der Waals surface area (Å²) in [5.74, 6) is 0.803. The molecule has 2 N–H and O–H groups in total. The van der Waals surface area contributed by atoms with Crippen molar-refractivity contribution in [2.24, 2.45) is 7.05 Å². The maximum absolute atomic E-state index is 11.8. The van der Waals surface area contributed by atoms with Crippen molar-refractivity contribution in [2.75, 3.05) is 5.73 Å². The normalized spacial score (nSPS) is 11.1. The molecule has 0 atom stereocenters. The molecule has 0 spiro atoms. The van der Waals surface area contributed by atoms with E-state index in [4.69, 9.17) is 5.73 Å². The summed E-state index contributed by atoms with van der Waals surface area (Å²) < 4.78 is 3.05. The van der Waals surface area contributed by atoms with Crippen LogP contribution < -0.4 is 11.3 Å². The lowest BCUT2D eigenvalue weighted by atomic mass is 10.4. The molecule has 0 aliphatic heterocycles. The summed E-state index contributed by atoms with van der Waals surface area (Å²) in [4.78, 5) is 24.5. The van der Waals surface area contributed by atoms with Gasteiger partial charge in [0, 0.05) is 18.8 Å². The van der Waals surface area contributed by atoms with Crippen LogP contribution in [0.15, 0.2) is 23.4 Å². The lowest BCUT2D eigenvalue weighted by molar-refractivity contribution is 0.692. The topological polar surface area (TPSA) is 105 Å². The van der Waals surface area contributed by atoms with Crippen LogP contribution in [0.5, 0.6) is 0 Å². The van der Waals surface area contributed by atoms with E-state index in [1.807, 2.05) is 0 Å². The fourth-order valence-corrected chi connectivity index (χ4v) is 1.95. The number of nitrogens with zero attached hydrogens (tertiary/aromatic N) is 6. The van der Waals surface area contributed by atoms with Gasteiger partial charge in [0.15, 0.2) is 11.5 Å². The van der Waals surface area contributed by atoms with Crippen molar-refractivity contribution < 1.29 is 0 Å². The first-order chi connectivity index (χ1) is 9.54. The quantitative estimate of drug-likeness (QED) is 0.695. The fourth-order valence-electron chi connectivity index (χ4n) is 1.95. The van der Waals surface area contributed by atoms with Crippen molar-refractivity contribution >= 4 is 16.9 Å². The first-order valence-electron chi connectivity index (χ1n) is 6.02. The summed E-state index contributed by atoms with van der Waals surface area (Å²) in [7, 11) is 1.78. The van der Waals surface area contributed by atoms with Gasteiger partial charge in [-0.2, -0.15) is 5.10 Å². The lowest BCUT2D eigenvalue weighted by Gasteiger charge is -2.06. The number of nitrogen functional groups attached to an aromatic ring is 1. The van der Waals surface area contributed by atoms with Crippen molar-refractivity contribution in [3.63, 3.8) is 0 Å². The predicted molar refractivity (Wildman–Crippen MR) is 73.1 cm³/mol. The highest BCUT2D eigenvalue weighted by molar-refractivity contribution is 5.84. The average molecular weight is 271 g/mol. The van der Waals surface area contributed by atoms with Gasteiger partial charge in [-0.15, -0.1) is 0 Å². The first kappa shape index (κ1) is 12.3. The minimum absolute atomic E-state index is 0.148. The van der Waals surface area contributed by atoms with E-state index in [1.54, 1.807) is 24.9 Å². The maximum Gasteiger partial charge on any atom is 0.253 e. The number of rotatable bonds is 2. The molecule has 3 heterocycles. The van der Waals surface area contributed by atoms with E-state index < -0.39 is 0 Å². The molecule has 0 bridgehead atoms. The second-order valence-electron chi connectivity index (χ2n) is 4.53. The molecule has 20 heavy (non-hydrogen) atoms. The lowest BCUT2D eigenvalue weighted by Crippen LogP contribution is -2.22. The Kier molecular flexibility index (Phi) is 2.70. The SMILES string of the molecule is Cc1cc(=O)n(Cc2nc(N)c3cnn(C)c3n2)cn1. The highest BCUT2D eigenvalue weighted by atomic mass is 16.1. The van der Waals surface area contributed by atoms with Crippen LogP contribution in [-0.2, 0) is 13.6 Å². The van der Waals surface area contributed by atoms with Gasteiger partial charge in [0.25, 0.3) is 5.56 Å². The molecule has 102 valence electrons. The predicted octanol–water partition coefficient (Wildman–Crippen LogP) is -0.141. The van der Waals surface area contributed by atoms with E-state index in [0.717, 1.165) is 0 Å². The van der Waals surface area contributed by atoms with Crippen LogP contribution in [0.25, 0.3) is 11.0 Å². The molecule has 8 heteroatoms. The molecule has 8 nitrogen and oxygen atoms in total. The minimum atomic E-state index is -0.148. The minimum Gasteiger partial charge on any atom is -0.383 e. The molecule has 0 saturated carbocycles. The first-order valence-corrected chi connectivity index (χ1v) is 6.02. The molecule has 0 amide bonds.